The van der Waals surface area contributed by atoms with Crippen LogP contribution in [0, 0.1) is 0 Å². The highest BCUT2D eigenvalue weighted by Crippen LogP contribution is 2.44. The Bertz CT molecular complexity index is 3930. The molecule has 10 aromatic carbocycles. The first-order valence-electron chi connectivity index (χ1n) is 24.4. The van der Waals surface area contributed by atoms with Gasteiger partial charge in [-0.25, -0.2) is 4.98 Å². The molecule has 0 spiro atoms. The summed E-state index contributed by atoms with van der Waals surface area (Å²) in [6, 6.07) is 97.4. The average Bonchev–Trinajstić information content (AvgIpc) is 3.97. The molecule has 336 valence electrons. The van der Waals surface area contributed by atoms with Crippen molar-refractivity contribution in [1.82, 2.24) is 14.1 Å². The monoisotopic (exact) mass is 909 g/mol. The summed E-state index contributed by atoms with van der Waals surface area (Å²) in [6.07, 6.45) is 0. The maximum absolute atomic E-state index is 7.17. The number of ether oxygens (including phenoxy) is 1. The lowest BCUT2D eigenvalue weighted by Gasteiger charge is -2.25. The van der Waals surface area contributed by atoms with Crippen LogP contribution in [0.2, 0.25) is 0 Å². The number of para-hydroxylation sites is 5. The minimum atomic E-state index is -0.0988. The Morgan fingerprint density at radius 3 is 1.20 bits per heavy atom. The van der Waals surface area contributed by atoms with Gasteiger partial charge in [0, 0.05) is 44.5 Å². The van der Waals surface area contributed by atoms with E-state index in [-0.39, 0.29) is 11.8 Å². The molecule has 0 saturated heterocycles. The van der Waals surface area contributed by atoms with Gasteiger partial charge in [0.1, 0.15) is 23.1 Å². The SMILES string of the molecule is c1ccc(C(c2ccccc2)c2ccccc2Oc2ccccc2C(c2ccccc2)c2ccc(-c3cccc4c3c3ccccc3n4-c3cccc(-n4c5ccccc5c5ccccc54)n3)cc2)cc1. The third kappa shape index (κ3) is 7.45. The number of fused-ring (bicyclic) bond motifs is 6. The first-order valence-corrected chi connectivity index (χ1v) is 24.4. The molecule has 4 heteroatoms. The van der Waals surface area contributed by atoms with E-state index >= 15 is 0 Å². The molecule has 0 aliphatic rings. The van der Waals surface area contributed by atoms with E-state index < -0.39 is 0 Å². The number of pyridine rings is 1. The van der Waals surface area contributed by atoms with Gasteiger partial charge in [0.05, 0.1) is 22.1 Å². The van der Waals surface area contributed by atoms with Gasteiger partial charge in [-0.3, -0.25) is 9.13 Å². The Balaban J connectivity index is 0.897. The van der Waals surface area contributed by atoms with E-state index in [1.807, 2.05) is 0 Å². The van der Waals surface area contributed by atoms with E-state index in [9.17, 15) is 0 Å². The predicted octanol–water partition coefficient (Wildman–Crippen LogP) is 17.1. The zero-order valence-electron chi connectivity index (χ0n) is 38.9. The molecule has 0 aliphatic carbocycles. The highest BCUT2D eigenvalue weighted by Gasteiger charge is 2.25. The van der Waals surface area contributed by atoms with Gasteiger partial charge in [0.25, 0.3) is 0 Å². The fraction of sp³-hybridized carbons (Fsp3) is 0.0299. The normalized spacial score (nSPS) is 12.0. The second-order valence-electron chi connectivity index (χ2n) is 18.2. The van der Waals surface area contributed by atoms with Crippen LogP contribution in [0.15, 0.2) is 273 Å². The number of aromatic nitrogens is 3. The molecule has 1 atom stereocenters. The fourth-order valence-electron chi connectivity index (χ4n) is 11.0. The van der Waals surface area contributed by atoms with E-state index in [1.54, 1.807) is 0 Å². The van der Waals surface area contributed by atoms with Crippen LogP contribution in [0.25, 0.3) is 66.4 Å². The van der Waals surface area contributed by atoms with Gasteiger partial charge in [-0.05, 0) is 81.9 Å². The molecule has 13 rings (SSSR count). The molecule has 4 nitrogen and oxygen atoms in total. The van der Waals surface area contributed by atoms with Crippen LogP contribution >= 0.6 is 0 Å². The summed E-state index contributed by atoms with van der Waals surface area (Å²) < 4.78 is 11.8. The van der Waals surface area contributed by atoms with Crippen molar-refractivity contribution in [2.45, 2.75) is 11.8 Å². The second-order valence-corrected chi connectivity index (χ2v) is 18.2. The fourth-order valence-corrected chi connectivity index (χ4v) is 11.0. The van der Waals surface area contributed by atoms with E-state index in [0.717, 1.165) is 61.9 Å². The number of hydrogen-bond acceptors (Lipinski definition) is 2. The van der Waals surface area contributed by atoms with Gasteiger partial charge >= 0.3 is 0 Å². The van der Waals surface area contributed by atoms with E-state index in [4.69, 9.17) is 9.72 Å². The number of benzene rings is 10. The molecule has 3 heterocycles. The van der Waals surface area contributed by atoms with Crippen LogP contribution in [-0.4, -0.2) is 14.1 Å². The molecule has 0 saturated carbocycles. The Morgan fingerprint density at radius 2 is 0.676 bits per heavy atom. The molecule has 0 amide bonds. The lowest BCUT2D eigenvalue weighted by atomic mass is 9.83. The summed E-state index contributed by atoms with van der Waals surface area (Å²) in [7, 11) is 0. The largest absolute Gasteiger partial charge is 0.457 e. The third-order valence-corrected chi connectivity index (χ3v) is 14.1. The Hall–Kier alpha value is -9.25. The van der Waals surface area contributed by atoms with Crippen LogP contribution in [-0.2, 0) is 0 Å². The molecule has 0 aliphatic heterocycles. The molecular formula is C67H47N3O. The van der Waals surface area contributed by atoms with E-state index in [2.05, 4.69) is 282 Å². The topological polar surface area (TPSA) is 32.0 Å². The summed E-state index contributed by atoms with van der Waals surface area (Å²) >= 11 is 0. The van der Waals surface area contributed by atoms with Crippen LogP contribution in [0.4, 0.5) is 0 Å². The minimum absolute atomic E-state index is 0.00981. The lowest BCUT2D eigenvalue weighted by molar-refractivity contribution is 0.468. The number of rotatable bonds is 11. The Kier molecular flexibility index (Phi) is 10.6. The smallest absolute Gasteiger partial charge is 0.140 e. The van der Waals surface area contributed by atoms with Crippen molar-refractivity contribution in [3.05, 3.63) is 306 Å². The standard InChI is InChI=1S/C67H47N3O/c1-4-22-47(23-5-1)65(48-24-6-2-7-25-48)55-31-13-18-38-61(55)71-62-39-19-14-32-56(62)66(49-26-8-3-9-27-49)50-44-42-46(43-45-50)51-33-20-37-60-67(51)54-30-12-17-36-59(54)70(60)64-41-21-40-63(68-64)69-57-34-15-10-28-52(57)53-29-11-16-35-58(53)69/h1-45,65-66H. The molecular weight excluding hydrogens is 863 g/mol. The minimum Gasteiger partial charge on any atom is -0.457 e. The maximum Gasteiger partial charge on any atom is 0.140 e. The summed E-state index contributed by atoms with van der Waals surface area (Å²) in [5, 5.41) is 4.81. The summed E-state index contributed by atoms with van der Waals surface area (Å²) in [5.74, 6) is 3.30. The van der Waals surface area contributed by atoms with Crippen molar-refractivity contribution < 1.29 is 4.74 Å². The first kappa shape index (κ1) is 41.9. The predicted molar refractivity (Wildman–Crippen MR) is 293 cm³/mol. The summed E-state index contributed by atoms with van der Waals surface area (Å²) in [6.45, 7) is 0. The van der Waals surface area contributed by atoms with Gasteiger partial charge < -0.3 is 4.74 Å². The van der Waals surface area contributed by atoms with Gasteiger partial charge in [-0.1, -0.05) is 224 Å². The highest BCUT2D eigenvalue weighted by atomic mass is 16.5. The molecule has 1 unspecified atom stereocenters. The van der Waals surface area contributed by atoms with Crippen LogP contribution < -0.4 is 4.74 Å². The molecule has 0 radical (unpaired) electrons. The van der Waals surface area contributed by atoms with Crippen molar-refractivity contribution in [2.75, 3.05) is 0 Å². The second kappa shape index (κ2) is 18.0. The molecule has 0 fully saturated rings. The van der Waals surface area contributed by atoms with E-state index in [1.165, 1.54) is 49.4 Å². The van der Waals surface area contributed by atoms with Gasteiger partial charge in [0.2, 0.25) is 0 Å². The lowest BCUT2D eigenvalue weighted by Crippen LogP contribution is -2.07. The first-order chi connectivity index (χ1) is 35.3. The molecule has 3 aromatic heterocycles. The third-order valence-electron chi connectivity index (χ3n) is 14.1. The van der Waals surface area contributed by atoms with Gasteiger partial charge in [-0.15, -0.1) is 0 Å². The summed E-state index contributed by atoms with van der Waals surface area (Å²) in [4.78, 5) is 5.44. The van der Waals surface area contributed by atoms with Crippen LogP contribution in [0.3, 0.4) is 0 Å². The zero-order chi connectivity index (χ0) is 47.1. The molecule has 71 heavy (non-hydrogen) atoms. The highest BCUT2D eigenvalue weighted by molar-refractivity contribution is 6.15. The molecule has 13 aromatic rings. The van der Waals surface area contributed by atoms with E-state index in [0.29, 0.717) is 0 Å². The van der Waals surface area contributed by atoms with Crippen molar-refractivity contribution in [2.24, 2.45) is 0 Å². The van der Waals surface area contributed by atoms with Crippen LogP contribution in [0.5, 0.6) is 11.5 Å². The molecule has 0 N–H and O–H groups in total. The maximum atomic E-state index is 7.17. The van der Waals surface area contributed by atoms with Gasteiger partial charge in [-0.2, -0.15) is 0 Å². The Labute approximate surface area is 413 Å². The van der Waals surface area contributed by atoms with Crippen molar-refractivity contribution in [3.8, 4) is 34.3 Å². The number of nitrogens with zero attached hydrogens (tertiary/aromatic N) is 3. The molecule has 0 bridgehead atoms. The van der Waals surface area contributed by atoms with Crippen LogP contribution in [0.1, 0.15) is 45.2 Å². The van der Waals surface area contributed by atoms with Crippen molar-refractivity contribution in [3.63, 3.8) is 0 Å². The van der Waals surface area contributed by atoms with Crippen molar-refractivity contribution >= 4 is 43.6 Å². The number of hydrogen-bond donors (Lipinski definition) is 0. The average molecular weight is 910 g/mol. The quantitative estimate of drug-likeness (QED) is 0.121. The Morgan fingerprint density at radius 1 is 0.296 bits per heavy atom. The summed E-state index contributed by atoms with van der Waals surface area (Å²) in [5.41, 5.74) is 13.8. The zero-order valence-corrected chi connectivity index (χ0v) is 38.9. The van der Waals surface area contributed by atoms with Crippen molar-refractivity contribution in [1.29, 1.82) is 0 Å². The van der Waals surface area contributed by atoms with Gasteiger partial charge in [0.15, 0.2) is 0 Å².